The van der Waals surface area contributed by atoms with Gasteiger partial charge in [-0.3, -0.25) is 4.90 Å². The Bertz CT molecular complexity index is 1270. The van der Waals surface area contributed by atoms with Gasteiger partial charge in [-0.05, 0) is 39.3 Å². The van der Waals surface area contributed by atoms with Crippen LogP contribution in [0.4, 0.5) is 26.8 Å². The molecule has 11 nitrogen and oxygen atoms in total. The van der Waals surface area contributed by atoms with E-state index in [4.69, 9.17) is 4.74 Å². The Morgan fingerprint density at radius 1 is 1.00 bits per heavy atom. The molecule has 3 aromatic heterocycles. The van der Waals surface area contributed by atoms with Gasteiger partial charge in [0.2, 0.25) is 0 Å². The molecule has 0 unspecified atom stereocenters. The molecule has 1 fully saturated rings. The van der Waals surface area contributed by atoms with Gasteiger partial charge in [-0.15, -0.1) is 0 Å². The fourth-order valence-corrected chi connectivity index (χ4v) is 4.53. The molecule has 184 valence electrons. The zero-order valence-electron chi connectivity index (χ0n) is 20.5. The second-order valence-corrected chi connectivity index (χ2v) is 9.80. The van der Waals surface area contributed by atoms with Gasteiger partial charge >= 0.3 is 12.1 Å². The molecule has 1 saturated heterocycles. The number of piperazine rings is 1. The van der Waals surface area contributed by atoms with Crippen molar-refractivity contribution in [2.45, 2.75) is 32.8 Å². The van der Waals surface area contributed by atoms with Crippen molar-refractivity contribution in [3.63, 3.8) is 0 Å². The highest BCUT2D eigenvalue weighted by Crippen LogP contribution is 2.35. The summed E-state index contributed by atoms with van der Waals surface area (Å²) >= 11 is 0. The van der Waals surface area contributed by atoms with Gasteiger partial charge in [0.25, 0.3) is 0 Å². The molecule has 3 amide bonds. The largest absolute Gasteiger partial charge is 0.444 e. The molecular weight excluding hydrogens is 448 g/mol. The molecule has 0 radical (unpaired) electrons. The van der Waals surface area contributed by atoms with Crippen LogP contribution in [0.3, 0.4) is 0 Å². The van der Waals surface area contributed by atoms with Gasteiger partial charge in [-0.25, -0.2) is 24.5 Å². The number of anilines is 3. The molecule has 0 bridgehead atoms. The SMILES string of the molecule is Cn1cnc2c(NC(=O)N3CCc4c(N5CCN(C(=O)OC(C)(C)C)CC5)ccnc43)ccnc21. The second kappa shape index (κ2) is 8.71. The summed E-state index contributed by atoms with van der Waals surface area (Å²) < 4.78 is 7.32. The van der Waals surface area contributed by atoms with E-state index in [1.165, 1.54) is 0 Å². The van der Waals surface area contributed by atoms with Crippen molar-refractivity contribution in [2.24, 2.45) is 7.05 Å². The summed E-state index contributed by atoms with van der Waals surface area (Å²) in [7, 11) is 1.86. The summed E-state index contributed by atoms with van der Waals surface area (Å²) in [6, 6.07) is 3.49. The number of ether oxygens (including phenoxy) is 1. The number of nitrogens with zero attached hydrogens (tertiary/aromatic N) is 7. The van der Waals surface area contributed by atoms with E-state index in [0.29, 0.717) is 61.8 Å². The normalized spacial score (nSPS) is 15.9. The van der Waals surface area contributed by atoms with Crippen LogP contribution in [0.2, 0.25) is 0 Å². The number of pyridine rings is 2. The Hall–Kier alpha value is -3.89. The van der Waals surface area contributed by atoms with E-state index in [2.05, 4.69) is 25.2 Å². The molecule has 0 atom stereocenters. The summed E-state index contributed by atoms with van der Waals surface area (Å²) in [5.74, 6) is 0.667. The molecule has 3 aromatic rings. The van der Waals surface area contributed by atoms with Crippen LogP contribution in [0.25, 0.3) is 11.2 Å². The highest BCUT2D eigenvalue weighted by molar-refractivity contribution is 6.06. The fraction of sp³-hybridized carbons (Fsp3) is 0.458. The highest BCUT2D eigenvalue weighted by Gasteiger charge is 2.32. The number of hydrogen-bond acceptors (Lipinski definition) is 7. The summed E-state index contributed by atoms with van der Waals surface area (Å²) in [6.07, 6.45) is 5.51. The lowest BCUT2D eigenvalue weighted by Crippen LogP contribution is -2.50. The highest BCUT2D eigenvalue weighted by atomic mass is 16.6. The van der Waals surface area contributed by atoms with E-state index in [-0.39, 0.29) is 12.1 Å². The van der Waals surface area contributed by atoms with Crippen molar-refractivity contribution in [2.75, 3.05) is 47.8 Å². The molecule has 0 saturated carbocycles. The lowest BCUT2D eigenvalue weighted by molar-refractivity contribution is 0.0240. The third-order valence-corrected chi connectivity index (χ3v) is 6.21. The molecule has 1 N–H and O–H groups in total. The Kier molecular flexibility index (Phi) is 5.70. The first kappa shape index (κ1) is 22.9. The van der Waals surface area contributed by atoms with Crippen molar-refractivity contribution >= 4 is 40.5 Å². The zero-order chi connectivity index (χ0) is 24.7. The maximum absolute atomic E-state index is 13.2. The van der Waals surface area contributed by atoms with E-state index in [9.17, 15) is 9.59 Å². The van der Waals surface area contributed by atoms with Crippen molar-refractivity contribution in [1.82, 2.24) is 24.4 Å². The summed E-state index contributed by atoms with van der Waals surface area (Å²) in [5.41, 5.74) is 3.56. The van der Waals surface area contributed by atoms with E-state index < -0.39 is 5.60 Å². The molecule has 0 aliphatic carbocycles. The van der Waals surface area contributed by atoms with Crippen LogP contribution in [0.15, 0.2) is 30.9 Å². The van der Waals surface area contributed by atoms with Gasteiger partial charge in [0.05, 0.1) is 12.0 Å². The third-order valence-electron chi connectivity index (χ3n) is 6.21. The van der Waals surface area contributed by atoms with Gasteiger partial charge in [-0.1, -0.05) is 0 Å². The van der Waals surface area contributed by atoms with Crippen molar-refractivity contribution in [1.29, 1.82) is 0 Å². The van der Waals surface area contributed by atoms with Crippen molar-refractivity contribution in [3.05, 3.63) is 36.4 Å². The van der Waals surface area contributed by atoms with E-state index in [0.717, 1.165) is 11.3 Å². The molecular formula is C24H30N8O3. The Morgan fingerprint density at radius 2 is 1.74 bits per heavy atom. The molecule has 5 rings (SSSR count). The number of amides is 3. The first-order valence-corrected chi connectivity index (χ1v) is 11.8. The van der Waals surface area contributed by atoms with Gasteiger partial charge in [0, 0.05) is 63.4 Å². The number of aryl methyl sites for hydroxylation is 1. The fourth-order valence-electron chi connectivity index (χ4n) is 4.53. The van der Waals surface area contributed by atoms with E-state index in [1.807, 2.05) is 38.5 Å². The van der Waals surface area contributed by atoms with Crippen molar-refractivity contribution < 1.29 is 14.3 Å². The Labute approximate surface area is 203 Å². The quantitative estimate of drug-likeness (QED) is 0.603. The number of carbonyl (C=O) groups excluding carboxylic acids is 2. The van der Waals surface area contributed by atoms with Crippen LogP contribution in [0.5, 0.6) is 0 Å². The molecule has 2 aliphatic rings. The average Bonchev–Trinajstić information content (AvgIpc) is 3.42. The van der Waals surface area contributed by atoms with E-state index in [1.54, 1.807) is 34.6 Å². The smallest absolute Gasteiger partial charge is 0.410 e. The first-order valence-electron chi connectivity index (χ1n) is 11.8. The number of aromatic nitrogens is 4. The topological polar surface area (TPSA) is 109 Å². The van der Waals surface area contributed by atoms with Crippen LogP contribution < -0.4 is 15.1 Å². The number of carbonyl (C=O) groups is 2. The molecule has 0 spiro atoms. The molecule has 2 aliphatic heterocycles. The lowest BCUT2D eigenvalue weighted by atomic mass is 10.1. The minimum absolute atomic E-state index is 0.249. The predicted octanol–water partition coefficient (Wildman–Crippen LogP) is 3.02. The number of urea groups is 1. The minimum atomic E-state index is -0.511. The molecule has 11 heteroatoms. The van der Waals surface area contributed by atoms with Gasteiger partial charge < -0.3 is 24.4 Å². The second-order valence-electron chi connectivity index (χ2n) is 9.80. The maximum atomic E-state index is 13.2. The molecule has 5 heterocycles. The standard InChI is InChI=1S/C24H30N8O3/c1-24(2,3)35-23(34)31-13-11-30(12-14-31)18-6-9-25-20-16(18)7-10-32(20)22(33)28-17-5-8-26-21-19(17)27-15-29(21)4/h5-6,8-9,15H,7,10-14H2,1-4H3,(H,26,28,33). The summed E-state index contributed by atoms with van der Waals surface area (Å²) in [6.45, 7) is 8.70. The number of hydrogen-bond donors (Lipinski definition) is 1. The summed E-state index contributed by atoms with van der Waals surface area (Å²) in [4.78, 5) is 44.5. The van der Waals surface area contributed by atoms with Crippen LogP contribution in [0.1, 0.15) is 26.3 Å². The third kappa shape index (κ3) is 4.45. The summed E-state index contributed by atoms with van der Waals surface area (Å²) in [5, 5.41) is 2.98. The maximum Gasteiger partial charge on any atom is 0.410 e. The average molecular weight is 479 g/mol. The first-order chi connectivity index (χ1) is 16.7. The predicted molar refractivity (Wildman–Crippen MR) is 133 cm³/mol. The van der Waals surface area contributed by atoms with Crippen LogP contribution >= 0.6 is 0 Å². The molecule has 0 aromatic carbocycles. The number of imidazole rings is 1. The van der Waals surface area contributed by atoms with Crippen LogP contribution in [-0.2, 0) is 18.2 Å². The number of nitrogens with one attached hydrogen (secondary N) is 1. The van der Waals surface area contributed by atoms with Crippen LogP contribution in [-0.4, -0.2) is 74.9 Å². The minimum Gasteiger partial charge on any atom is -0.444 e. The number of rotatable bonds is 2. The van der Waals surface area contributed by atoms with Gasteiger partial charge in [0.15, 0.2) is 5.65 Å². The Balaban J connectivity index is 1.29. The van der Waals surface area contributed by atoms with Gasteiger partial charge in [-0.2, -0.15) is 0 Å². The van der Waals surface area contributed by atoms with Crippen LogP contribution in [0, 0.1) is 0 Å². The zero-order valence-corrected chi connectivity index (χ0v) is 20.5. The monoisotopic (exact) mass is 478 g/mol. The van der Waals surface area contributed by atoms with Gasteiger partial charge in [0.1, 0.15) is 16.9 Å². The van der Waals surface area contributed by atoms with Crippen molar-refractivity contribution in [3.8, 4) is 0 Å². The number of fused-ring (bicyclic) bond motifs is 2. The van der Waals surface area contributed by atoms with E-state index >= 15 is 0 Å². The lowest BCUT2D eigenvalue weighted by Gasteiger charge is -2.37. The Morgan fingerprint density at radius 3 is 2.49 bits per heavy atom. The molecule has 35 heavy (non-hydrogen) atoms.